The average Bonchev–Trinajstić information content (AvgIpc) is 3.44. The molecule has 2 aromatic carbocycles. The smallest absolute Gasteiger partial charge is 0.435 e. The Balaban J connectivity index is 1.83. The van der Waals surface area contributed by atoms with Crippen LogP contribution in [0.2, 0.25) is 0 Å². The maximum Gasteiger partial charge on any atom is 0.435 e. The third-order valence-electron chi connectivity index (χ3n) is 6.84. The van der Waals surface area contributed by atoms with Gasteiger partial charge >= 0.3 is 12.1 Å². The number of esters is 1. The number of halogens is 3. The number of aryl methyl sites for hydroxylation is 1. The molecule has 3 aromatic rings. The normalized spacial score (nSPS) is 14.0. The fourth-order valence-electron chi connectivity index (χ4n) is 4.18. The number of ether oxygens (including phenoxy) is 1. The van der Waals surface area contributed by atoms with E-state index in [1.54, 1.807) is 58.9 Å². The molecule has 48 heavy (non-hydrogen) atoms. The van der Waals surface area contributed by atoms with E-state index in [0.29, 0.717) is 5.56 Å². The van der Waals surface area contributed by atoms with E-state index in [0.717, 1.165) is 33.5 Å². The Kier molecular flexibility index (Phi) is 11.5. The van der Waals surface area contributed by atoms with Crippen molar-refractivity contribution in [3.05, 3.63) is 71.1 Å². The number of carbonyl (C=O) groups excluding carboxylic acids is 2. The molecule has 262 valence electrons. The number of hydrogen-bond acceptors (Lipinski definition) is 9. The predicted molar refractivity (Wildman–Crippen MR) is 167 cm³/mol. The summed E-state index contributed by atoms with van der Waals surface area (Å²) in [5.74, 6) is -1.83. The molecule has 0 saturated heterocycles. The summed E-state index contributed by atoms with van der Waals surface area (Å²) < 4.78 is 75.2. The molecule has 2 atom stereocenters. The Hall–Kier alpha value is -4.67. The maximum atomic E-state index is 13.6. The van der Waals surface area contributed by atoms with E-state index in [2.05, 4.69) is 10.4 Å². The summed E-state index contributed by atoms with van der Waals surface area (Å²) in [4.78, 5) is 29.8. The molecule has 13 nitrogen and oxygen atoms in total. The lowest BCUT2D eigenvalue weighted by Gasteiger charge is -2.24. The van der Waals surface area contributed by atoms with Gasteiger partial charge in [-0.25, -0.2) is 17.8 Å². The van der Waals surface area contributed by atoms with E-state index in [1.807, 2.05) is 11.6 Å². The topological polar surface area (TPSA) is 158 Å². The summed E-state index contributed by atoms with van der Waals surface area (Å²) in [6, 6.07) is 11.1. The quantitative estimate of drug-likeness (QED) is 0.0817. The number of likely N-dealkylation sites (N-methyl/N-ethyl adjacent to an activating group) is 1. The molecule has 0 bridgehead atoms. The second-order valence-electron chi connectivity index (χ2n) is 12.5. The van der Waals surface area contributed by atoms with Crippen LogP contribution in [0.25, 0.3) is 16.9 Å². The monoisotopic (exact) mass is 696 g/mol. The van der Waals surface area contributed by atoms with Crippen LogP contribution >= 0.6 is 0 Å². The molecular weight excluding hydrogens is 657 g/mol. The van der Waals surface area contributed by atoms with Gasteiger partial charge in [0.25, 0.3) is 22.2 Å². The number of aromatic nitrogens is 2. The summed E-state index contributed by atoms with van der Waals surface area (Å²) in [5.41, 5.74) is -0.347. The maximum absolute atomic E-state index is 13.6. The molecule has 1 heterocycles. The van der Waals surface area contributed by atoms with Crippen LogP contribution in [0.4, 0.5) is 13.2 Å². The summed E-state index contributed by atoms with van der Waals surface area (Å²) in [7, 11) is -3.31. The number of amides is 1. The van der Waals surface area contributed by atoms with Crippen LogP contribution in [-0.4, -0.2) is 59.4 Å². The van der Waals surface area contributed by atoms with Gasteiger partial charge in [-0.2, -0.15) is 18.3 Å². The van der Waals surface area contributed by atoms with E-state index >= 15 is 0 Å². The van der Waals surface area contributed by atoms with Crippen molar-refractivity contribution in [2.45, 2.75) is 78.3 Å². The van der Waals surface area contributed by atoms with Crippen molar-refractivity contribution in [2.75, 3.05) is 7.05 Å². The molecule has 17 heteroatoms. The Bertz CT molecular complexity index is 1730. The van der Waals surface area contributed by atoms with Crippen LogP contribution in [0.1, 0.15) is 59.2 Å². The van der Waals surface area contributed by atoms with Crippen LogP contribution in [0.5, 0.6) is 0 Å². The Morgan fingerprint density at radius 1 is 1.06 bits per heavy atom. The van der Waals surface area contributed by atoms with Crippen LogP contribution < -0.4 is 4.72 Å². The summed E-state index contributed by atoms with van der Waals surface area (Å²) in [6.45, 7) is 11.5. The lowest BCUT2D eigenvalue weighted by atomic mass is 9.97. The number of sulfonamides is 1. The lowest BCUT2D eigenvalue weighted by molar-refractivity contribution is -0.712. The first-order valence-corrected chi connectivity index (χ1v) is 16.3. The Morgan fingerprint density at radius 2 is 1.65 bits per heavy atom. The molecule has 0 spiro atoms. The van der Waals surface area contributed by atoms with E-state index in [4.69, 9.17) is 9.57 Å². The zero-order chi connectivity index (χ0) is 36.2. The van der Waals surface area contributed by atoms with Crippen molar-refractivity contribution in [1.29, 1.82) is 0 Å². The van der Waals surface area contributed by atoms with Gasteiger partial charge in [0.1, 0.15) is 0 Å². The number of benzene rings is 2. The van der Waals surface area contributed by atoms with Crippen LogP contribution in [-0.2, 0) is 35.4 Å². The van der Waals surface area contributed by atoms with E-state index < -0.39 is 51.5 Å². The van der Waals surface area contributed by atoms with Crippen molar-refractivity contribution in [3.8, 4) is 16.9 Å². The Labute approximate surface area is 276 Å². The van der Waals surface area contributed by atoms with Gasteiger partial charge in [-0.05, 0) is 70.4 Å². The molecule has 0 aliphatic carbocycles. The highest BCUT2D eigenvalue weighted by molar-refractivity contribution is 7.90. The first-order valence-electron chi connectivity index (χ1n) is 14.8. The number of hydrazine groups is 1. The van der Waals surface area contributed by atoms with Gasteiger partial charge in [-0.1, -0.05) is 43.7 Å². The molecule has 0 fully saturated rings. The van der Waals surface area contributed by atoms with Crippen LogP contribution in [0, 0.1) is 23.5 Å². The molecule has 0 aliphatic heterocycles. The third-order valence-corrected chi connectivity index (χ3v) is 8.21. The van der Waals surface area contributed by atoms with E-state index in [1.165, 1.54) is 26.1 Å². The SMILES string of the molecule is Cc1ccc(-c2cc(C(F)(F)F)nn2-c2ccc(S(=O)(=O)NC(=O)[C@H](CC(C)C)N(C)/[N+]([O-])=N/OC(C)OC(=O)C(C)(C)C)cc2)cc1. The van der Waals surface area contributed by atoms with Gasteiger partial charge in [-0.3, -0.25) is 14.4 Å². The minimum Gasteiger partial charge on any atom is -0.569 e. The first kappa shape index (κ1) is 37.8. The largest absolute Gasteiger partial charge is 0.569 e. The van der Waals surface area contributed by atoms with Gasteiger partial charge in [0.05, 0.1) is 33.7 Å². The fourth-order valence-corrected chi connectivity index (χ4v) is 5.19. The zero-order valence-electron chi connectivity index (χ0n) is 27.8. The van der Waals surface area contributed by atoms with Crippen molar-refractivity contribution in [2.24, 2.45) is 16.6 Å². The number of nitrogens with one attached hydrogen (secondary N) is 1. The molecule has 0 radical (unpaired) electrons. The number of rotatable bonds is 12. The number of hydrogen-bond donors (Lipinski definition) is 1. The fraction of sp³-hybridized carbons (Fsp3) is 0.452. The van der Waals surface area contributed by atoms with Gasteiger partial charge in [-0.15, -0.1) is 5.01 Å². The van der Waals surface area contributed by atoms with Crippen molar-refractivity contribution >= 4 is 21.9 Å². The molecule has 1 unspecified atom stereocenters. The highest BCUT2D eigenvalue weighted by Gasteiger charge is 2.36. The number of nitrogens with zero attached hydrogens (tertiary/aromatic N) is 5. The highest BCUT2D eigenvalue weighted by Crippen LogP contribution is 2.33. The summed E-state index contributed by atoms with van der Waals surface area (Å²) in [5, 5.41) is 20.5. The predicted octanol–water partition coefficient (Wildman–Crippen LogP) is 5.76. The van der Waals surface area contributed by atoms with E-state index in [9.17, 15) is 36.4 Å². The zero-order valence-corrected chi connectivity index (χ0v) is 28.6. The molecule has 1 N–H and O–H groups in total. The minimum atomic E-state index is -4.73. The first-order chi connectivity index (χ1) is 22.1. The standard InChI is InChI=1S/C31H39F3N6O7S/c1-19(2)17-26(38(8)40(43)37-47-21(4)46-29(42)30(5,6)7)28(41)36-48(44,45)24-15-13-23(14-16-24)39-25(18-27(35-39)31(32,33)34)22-11-9-20(3)10-12-22/h9-16,18-19,21,26H,17H2,1-8H3,(H,36,41)/b40-37-/t21?,26-/m0/s1. The van der Waals surface area contributed by atoms with Crippen molar-refractivity contribution in [3.63, 3.8) is 0 Å². The molecule has 3 rings (SSSR count). The lowest BCUT2D eigenvalue weighted by Crippen LogP contribution is -2.49. The molecule has 0 aliphatic rings. The van der Waals surface area contributed by atoms with E-state index in [-0.39, 0.29) is 33.6 Å². The van der Waals surface area contributed by atoms with Crippen LogP contribution in [0.3, 0.4) is 0 Å². The third kappa shape index (κ3) is 9.68. The van der Waals surface area contributed by atoms with Gasteiger partial charge in [0.15, 0.2) is 11.7 Å². The molecular formula is C31H39F3N6O7S. The second-order valence-corrected chi connectivity index (χ2v) is 14.2. The van der Waals surface area contributed by atoms with Crippen LogP contribution in [0.15, 0.2) is 64.8 Å². The summed E-state index contributed by atoms with van der Waals surface area (Å²) in [6.07, 6.45) is -5.94. The number of alkyl halides is 3. The molecule has 1 aromatic heterocycles. The highest BCUT2D eigenvalue weighted by atomic mass is 32.2. The average molecular weight is 697 g/mol. The molecule has 0 saturated carbocycles. The van der Waals surface area contributed by atoms with Crippen molar-refractivity contribution in [1.82, 2.24) is 19.5 Å². The minimum absolute atomic E-state index is 0.0300. The van der Waals surface area contributed by atoms with Gasteiger partial charge in [0.2, 0.25) is 5.28 Å². The van der Waals surface area contributed by atoms with Gasteiger partial charge in [0, 0.05) is 12.5 Å². The van der Waals surface area contributed by atoms with Gasteiger partial charge < -0.3 is 9.94 Å². The van der Waals surface area contributed by atoms with Crippen molar-refractivity contribution < 1.29 is 45.7 Å². The second kappa shape index (κ2) is 14.6. The summed E-state index contributed by atoms with van der Waals surface area (Å²) >= 11 is 0. The Morgan fingerprint density at radius 3 is 2.17 bits per heavy atom. The number of carbonyl (C=O) groups is 2. The molecule has 1 amide bonds.